The largest absolute Gasteiger partial charge is 0.370 e. The Balaban J connectivity index is 1.41. The molecule has 0 saturated heterocycles. The van der Waals surface area contributed by atoms with Crippen LogP contribution in [0.5, 0.6) is 0 Å². The molecule has 1 amide bonds. The molecule has 0 radical (unpaired) electrons. The molecule has 3 aromatic rings. The molecule has 0 bridgehead atoms. The summed E-state index contributed by atoms with van der Waals surface area (Å²) in [4.78, 5) is 24.0. The zero-order valence-corrected chi connectivity index (χ0v) is 15.8. The number of para-hydroxylation sites is 1. The SMILES string of the molecule is Cc1nc2ccc(C(=O)NCCN3CCCc4ccccc43)cc2nc1C. The molecule has 2 heterocycles. The molecule has 5 nitrogen and oxygen atoms in total. The van der Waals surface area contributed by atoms with Crippen LogP contribution in [-0.4, -0.2) is 35.5 Å². The van der Waals surface area contributed by atoms with E-state index in [9.17, 15) is 4.79 Å². The highest BCUT2D eigenvalue weighted by atomic mass is 16.1. The number of rotatable bonds is 4. The fraction of sp³-hybridized carbons (Fsp3) is 0.318. The number of fused-ring (bicyclic) bond motifs is 2. The van der Waals surface area contributed by atoms with E-state index in [4.69, 9.17) is 0 Å². The first-order valence-corrected chi connectivity index (χ1v) is 9.48. The Labute approximate surface area is 159 Å². The minimum absolute atomic E-state index is 0.0674. The number of amides is 1. The van der Waals surface area contributed by atoms with E-state index in [1.165, 1.54) is 11.3 Å². The van der Waals surface area contributed by atoms with E-state index in [-0.39, 0.29) is 5.91 Å². The molecule has 0 unspecified atom stereocenters. The molecular weight excluding hydrogens is 336 g/mol. The summed E-state index contributed by atoms with van der Waals surface area (Å²) in [5.41, 5.74) is 6.71. The number of aromatic nitrogens is 2. The topological polar surface area (TPSA) is 58.1 Å². The Hall–Kier alpha value is -2.95. The van der Waals surface area contributed by atoms with Crippen molar-refractivity contribution in [3.8, 4) is 0 Å². The van der Waals surface area contributed by atoms with Crippen LogP contribution < -0.4 is 10.2 Å². The van der Waals surface area contributed by atoms with Crippen molar-refractivity contribution >= 4 is 22.6 Å². The summed E-state index contributed by atoms with van der Waals surface area (Å²) in [6.45, 7) is 6.35. The third kappa shape index (κ3) is 3.63. The van der Waals surface area contributed by atoms with Crippen LogP contribution in [0, 0.1) is 13.8 Å². The summed E-state index contributed by atoms with van der Waals surface area (Å²) in [6, 6.07) is 14.0. The fourth-order valence-electron chi connectivity index (χ4n) is 3.62. The summed E-state index contributed by atoms with van der Waals surface area (Å²) in [7, 11) is 0. The van der Waals surface area contributed by atoms with Gasteiger partial charge in [0.05, 0.1) is 22.4 Å². The first-order valence-electron chi connectivity index (χ1n) is 9.48. The van der Waals surface area contributed by atoms with Gasteiger partial charge in [0.1, 0.15) is 0 Å². The number of benzene rings is 2. The molecule has 27 heavy (non-hydrogen) atoms. The van der Waals surface area contributed by atoms with Crippen molar-refractivity contribution in [1.82, 2.24) is 15.3 Å². The maximum Gasteiger partial charge on any atom is 0.251 e. The highest BCUT2D eigenvalue weighted by molar-refractivity contribution is 5.97. The average Bonchev–Trinajstić information content (AvgIpc) is 2.68. The number of nitrogens with zero attached hydrogens (tertiary/aromatic N) is 3. The second-order valence-electron chi connectivity index (χ2n) is 7.07. The van der Waals surface area contributed by atoms with Gasteiger partial charge in [0.2, 0.25) is 0 Å². The highest BCUT2D eigenvalue weighted by Crippen LogP contribution is 2.26. The summed E-state index contributed by atoms with van der Waals surface area (Å²) in [5.74, 6) is -0.0674. The fourth-order valence-corrected chi connectivity index (χ4v) is 3.62. The van der Waals surface area contributed by atoms with Crippen LogP contribution in [0.3, 0.4) is 0 Å². The Bertz CT molecular complexity index is 999. The minimum atomic E-state index is -0.0674. The van der Waals surface area contributed by atoms with Gasteiger partial charge in [-0.3, -0.25) is 4.79 Å². The second-order valence-corrected chi connectivity index (χ2v) is 7.07. The average molecular weight is 360 g/mol. The zero-order valence-electron chi connectivity index (χ0n) is 15.8. The van der Waals surface area contributed by atoms with Gasteiger partial charge in [-0.25, -0.2) is 9.97 Å². The number of carbonyl (C=O) groups is 1. The predicted molar refractivity (Wildman–Crippen MR) is 108 cm³/mol. The van der Waals surface area contributed by atoms with Crippen LogP contribution in [-0.2, 0) is 6.42 Å². The Morgan fingerprint density at radius 3 is 2.70 bits per heavy atom. The molecule has 0 atom stereocenters. The van der Waals surface area contributed by atoms with E-state index < -0.39 is 0 Å². The normalized spacial score (nSPS) is 13.5. The first kappa shape index (κ1) is 17.5. The number of anilines is 1. The smallest absolute Gasteiger partial charge is 0.251 e. The van der Waals surface area contributed by atoms with Crippen molar-refractivity contribution in [2.45, 2.75) is 26.7 Å². The van der Waals surface area contributed by atoms with Crippen molar-refractivity contribution in [3.63, 3.8) is 0 Å². The van der Waals surface area contributed by atoms with Gasteiger partial charge in [-0.1, -0.05) is 18.2 Å². The van der Waals surface area contributed by atoms with Gasteiger partial charge in [0, 0.05) is 30.9 Å². The lowest BCUT2D eigenvalue weighted by molar-refractivity contribution is 0.0954. The molecule has 1 aliphatic heterocycles. The van der Waals surface area contributed by atoms with Crippen molar-refractivity contribution in [2.75, 3.05) is 24.5 Å². The number of hydrogen-bond acceptors (Lipinski definition) is 4. The summed E-state index contributed by atoms with van der Waals surface area (Å²) in [6.07, 6.45) is 2.29. The number of aryl methyl sites for hydroxylation is 3. The maximum absolute atomic E-state index is 12.5. The summed E-state index contributed by atoms with van der Waals surface area (Å²) in [5, 5.41) is 3.04. The van der Waals surface area contributed by atoms with Gasteiger partial charge in [-0.05, 0) is 56.5 Å². The van der Waals surface area contributed by atoms with Crippen molar-refractivity contribution in [1.29, 1.82) is 0 Å². The highest BCUT2D eigenvalue weighted by Gasteiger charge is 2.16. The molecule has 1 N–H and O–H groups in total. The van der Waals surface area contributed by atoms with E-state index in [1.807, 2.05) is 32.0 Å². The molecule has 0 aliphatic carbocycles. The first-order chi connectivity index (χ1) is 13.1. The van der Waals surface area contributed by atoms with Crippen molar-refractivity contribution < 1.29 is 4.79 Å². The lowest BCUT2D eigenvalue weighted by Gasteiger charge is -2.31. The van der Waals surface area contributed by atoms with Gasteiger partial charge in [-0.15, -0.1) is 0 Å². The number of hydrogen-bond donors (Lipinski definition) is 1. The third-order valence-corrected chi connectivity index (χ3v) is 5.21. The molecule has 138 valence electrons. The number of nitrogens with one attached hydrogen (secondary N) is 1. The maximum atomic E-state index is 12.5. The van der Waals surface area contributed by atoms with Gasteiger partial charge in [-0.2, -0.15) is 0 Å². The molecular formula is C22H24N4O. The van der Waals surface area contributed by atoms with Crippen molar-refractivity contribution in [3.05, 3.63) is 65.0 Å². The molecule has 5 heteroatoms. The molecule has 4 rings (SSSR count). The number of carbonyl (C=O) groups excluding carboxylic acids is 1. The summed E-state index contributed by atoms with van der Waals surface area (Å²) < 4.78 is 0. The molecule has 1 aromatic heterocycles. The molecule has 2 aromatic carbocycles. The van der Waals surface area contributed by atoms with E-state index in [2.05, 4.69) is 44.5 Å². The standard InChI is InChI=1S/C22H24N4O/c1-15-16(2)25-20-14-18(9-10-19(20)24-15)22(27)23-11-13-26-12-5-7-17-6-3-4-8-21(17)26/h3-4,6,8-10,14H,5,7,11-13H2,1-2H3,(H,23,27). The van der Waals surface area contributed by atoms with Crippen LogP contribution in [0.25, 0.3) is 11.0 Å². The van der Waals surface area contributed by atoms with Crippen LogP contribution in [0.2, 0.25) is 0 Å². The van der Waals surface area contributed by atoms with Crippen LogP contribution in [0.4, 0.5) is 5.69 Å². The van der Waals surface area contributed by atoms with Crippen LogP contribution in [0.1, 0.15) is 33.7 Å². The van der Waals surface area contributed by atoms with E-state index in [0.29, 0.717) is 12.1 Å². The monoisotopic (exact) mass is 360 g/mol. The molecule has 0 fully saturated rings. The lowest BCUT2D eigenvalue weighted by Crippen LogP contribution is -2.37. The predicted octanol–water partition coefficient (Wildman–Crippen LogP) is 3.43. The van der Waals surface area contributed by atoms with Gasteiger partial charge in [0.25, 0.3) is 5.91 Å². The van der Waals surface area contributed by atoms with E-state index in [0.717, 1.165) is 48.4 Å². The van der Waals surface area contributed by atoms with E-state index >= 15 is 0 Å². The van der Waals surface area contributed by atoms with Gasteiger partial charge < -0.3 is 10.2 Å². The molecule has 1 aliphatic rings. The van der Waals surface area contributed by atoms with Crippen LogP contribution >= 0.6 is 0 Å². The van der Waals surface area contributed by atoms with Gasteiger partial charge in [0.15, 0.2) is 0 Å². The zero-order chi connectivity index (χ0) is 18.8. The minimum Gasteiger partial charge on any atom is -0.370 e. The Morgan fingerprint density at radius 1 is 1.07 bits per heavy atom. The quantitative estimate of drug-likeness (QED) is 0.774. The van der Waals surface area contributed by atoms with E-state index in [1.54, 1.807) is 0 Å². The summed E-state index contributed by atoms with van der Waals surface area (Å²) >= 11 is 0. The van der Waals surface area contributed by atoms with Gasteiger partial charge >= 0.3 is 0 Å². The Morgan fingerprint density at radius 2 is 1.85 bits per heavy atom. The second kappa shape index (κ2) is 7.35. The Kier molecular flexibility index (Phi) is 4.75. The third-order valence-electron chi connectivity index (χ3n) is 5.21. The lowest BCUT2D eigenvalue weighted by atomic mass is 10.0. The van der Waals surface area contributed by atoms with Crippen LogP contribution in [0.15, 0.2) is 42.5 Å². The molecule has 0 saturated carbocycles. The van der Waals surface area contributed by atoms with Crippen molar-refractivity contribution in [2.24, 2.45) is 0 Å². The molecule has 0 spiro atoms.